The number of rotatable bonds is 0. The maximum Gasteiger partial charge on any atom is 0.243 e. The van der Waals surface area contributed by atoms with Crippen LogP contribution in [-0.2, 0) is 9.59 Å². The second-order valence-corrected chi connectivity index (χ2v) is 3.04. The van der Waals surface area contributed by atoms with Gasteiger partial charge in [-0.2, -0.15) is 0 Å². The lowest BCUT2D eigenvalue weighted by Crippen LogP contribution is -2.12. The summed E-state index contributed by atoms with van der Waals surface area (Å²) < 4.78 is 0. The Hall–Kier alpha value is -1.51. The molecule has 0 N–H and O–H groups in total. The zero-order valence-electron chi connectivity index (χ0n) is 7.92. The molecule has 3 nitrogen and oxygen atoms in total. The van der Waals surface area contributed by atoms with Crippen molar-refractivity contribution >= 4 is 17.4 Å². The number of carbonyl (C=O) groups excluding carboxylic acids is 2. The normalized spacial score (nSPS) is 16.5. The summed E-state index contributed by atoms with van der Waals surface area (Å²) in [5, 5.41) is 0. The van der Waals surface area contributed by atoms with Crippen LogP contribution in [0.3, 0.4) is 0 Å². The zero-order chi connectivity index (χ0) is 10.0. The molecule has 0 saturated carbocycles. The van der Waals surface area contributed by atoms with Gasteiger partial charge in [-0.1, -0.05) is 0 Å². The predicted molar refractivity (Wildman–Crippen MR) is 50.6 cm³/mol. The Labute approximate surface area is 76.9 Å². The van der Waals surface area contributed by atoms with E-state index < -0.39 is 0 Å². The van der Waals surface area contributed by atoms with Crippen LogP contribution in [0.2, 0.25) is 0 Å². The highest BCUT2D eigenvalue weighted by Gasteiger charge is 2.13. The molecule has 0 heterocycles. The summed E-state index contributed by atoms with van der Waals surface area (Å²) in [6.07, 6.45) is 2.96. The number of amides is 1. The highest BCUT2D eigenvalue weighted by atomic mass is 16.1. The second kappa shape index (κ2) is 3.47. The Bertz CT molecular complexity index is 335. The van der Waals surface area contributed by atoms with Crippen LogP contribution in [-0.4, -0.2) is 17.4 Å². The molecule has 1 amide bonds. The molecule has 0 bridgehead atoms. The van der Waals surface area contributed by atoms with Crippen LogP contribution in [0, 0.1) is 0 Å². The van der Waals surface area contributed by atoms with Crippen LogP contribution in [0.15, 0.2) is 28.3 Å². The van der Waals surface area contributed by atoms with E-state index >= 15 is 0 Å². The summed E-state index contributed by atoms with van der Waals surface area (Å²) in [6.45, 7) is 4.94. The SMILES string of the molecule is CC(=O)N=C1C(C)=CC(=O)C=C1C. The number of ketones is 1. The third kappa shape index (κ3) is 2.21. The van der Waals surface area contributed by atoms with E-state index in [4.69, 9.17) is 0 Å². The largest absolute Gasteiger partial charge is 0.290 e. The van der Waals surface area contributed by atoms with Gasteiger partial charge in [-0.15, -0.1) is 0 Å². The van der Waals surface area contributed by atoms with Crippen LogP contribution in [0.5, 0.6) is 0 Å². The monoisotopic (exact) mass is 177 g/mol. The molecule has 1 aliphatic rings. The quantitative estimate of drug-likeness (QED) is 0.526. The molecule has 0 atom stereocenters. The minimum Gasteiger partial charge on any atom is -0.290 e. The summed E-state index contributed by atoms with van der Waals surface area (Å²) >= 11 is 0. The number of carbonyl (C=O) groups is 2. The number of aliphatic imine (C=N–C) groups is 1. The molecule has 0 aromatic heterocycles. The molecule has 0 aromatic rings. The van der Waals surface area contributed by atoms with Gasteiger partial charge in [0.1, 0.15) is 0 Å². The van der Waals surface area contributed by atoms with E-state index in [0.717, 1.165) is 11.1 Å². The Balaban J connectivity index is 3.12. The summed E-state index contributed by atoms with van der Waals surface area (Å²) in [5.41, 5.74) is 2.12. The van der Waals surface area contributed by atoms with Crippen LogP contribution in [0.1, 0.15) is 20.8 Å². The summed E-state index contributed by atoms with van der Waals surface area (Å²) in [6, 6.07) is 0. The Morgan fingerprint density at radius 1 is 1.23 bits per heavy atom. The molecule has 68 valence electrons. The van der Waals surface area contributed by atoms with Gasteiger partial charge in [-0.3, -0.25) is 9.59 Å². The third-order valence-electron chi connectivity index (χ3n) is 1.73. The van der Waals surface area contributed by atoms with E-state index in [0.29, 0.717) is 5.71 Å². The van der Waals surface area contributed by atoms with Crippen LogP contribution < -0.4 is 0 Å². The first kappa shape index (κ1) is 9.58. The number of allylic oxidation sites excluding steroid dienone is 4. The summed E-state index contributed by atoms with van der Waals surface area (Å²) in [4.78, 5) is 25.6. The van der Waals surface area contributed by atoms with Crippen LogP contribution in [0.4, 0.5) is 0 Å². The molecule has 13 heavy (non-hydrogen) atoms. The second-order valence-electron chi connectivity index (χ2n) is 3.04. The van der Waals surface area contributed by atoms with Crippen molar-refractivity contribution in [1.29, 1.82) is 0 Å². The maximum atomic E-state index is 11.0. The molecule has 0 spiro atoms. The topological polar surface area (TPSA) is 46.5 Å². The Kier molecular flexibility index (Phi) is 2.56. The number of hydrogen-bond donors (Lipinski definition) is 0. The standard InChI is InChI=1S/C10H11NO2/c1-6-4-9(13)5-7(2)10(6)11-8(3)12/h4-5H,1-3H3. The van der Waals surface area contributed by atoms with E-state index in [2.05, 4.69) is 4.99 Å². The lowest BCUT2D eigenvalue weighted by atomic mass is 9.97. The first-order valence-electron chi connectivity index (χ1n) is 4.01. The summed E-state index contributed by atoms with van der Waals surface area (Å²) in [7, 11) is 0. The van der Waals surface area contributed by atoms with Gasteiger partial charge in [0, 0.05) is 6.92 Å². The minimum atomic E-state index is -0.246. The van der Waals surface area contributed by atoms with Gasteiger partial charge in [0.15, 0.2) is 5.78 Å². The Morgan fingerprint density at radius 3 is 2.08 bits per heavy atom. The molecule has 3 heteroatoms. The molecule has 0 fully saturated rings. The van der Waals surface area contributed by atoms with E-state index in [9.17, 15) is 9.59 Å². The van der Waals surface area contributed by atoms with Crippen LogP contribution >= 0.6 is 0 Å². The molecular weight excluding hydrogens is 166 g/mol. The van der Waals surface area contributed by atoms with Crippen molar-refractivity contribution in [3.05, 3.63) is 23.3 Å². The smallest absolute Gasteiger partial charge is 0.243 e. The lowest BCUT2D eigenvalue weighted by Gasteiger charge is -2.10. The first-order valence-corrected chi connectivity index (χ1v) is 4.01. The van der Waals surface area contributed by atoms with Gasteiger partial charge in [0.2, 0.25) is 5.91 Å². The molecule has 0 saturated heterocycles. The molecule has 0 aromatic carbocycles. The van der Waals surface area contributed by atoms with Crippen molar-refractivity contribution in [1.82, 2.24) is 0 Å². The van der Waals surface area contributed by atoms with Crippen molar-refractivity contribution in [2.45, 2.75) is 20.8 Å². The molecular formula is C10H11NO2. The van der Waals surface area contributed by atoms with Crippen LogP contribution in [0.25, 0.3) is 0 Å². The predicted octanol–water partition coefficient (Wildman–Crippen LogP) is 1.45. The van der Waals surface area contributed by atoms with Gasteiger partial charge in [0.25, 0.3) is 0 Å². The fourth-order valence-corrected chi connectivity index (χ4v) is 1.25. The van der Waals surface area contributed by atoms with Gasteiger partial charge in [0.05, 0.1) is 5.71 Å². The average molecular weight is 177 g/mol. The van der Waals surface area contributed by atoms with Gasteiger partial charge >= 0.3 is 0 Å². The van der Waals surface area contributed by atoms with E-state index in [1.165, 1.54) is 19.1 Å². The Morgan fingerprint density at radius 2 is 1.69 bits per heavy atom. The zero-order valence-corrected chi connectivity index (χ0v) is 7.92. The number of hydrogen-bond acceptors (Lipinski definition) is 2. The lowest BCUT2D eigenvalue weighted by molar-refractivity contribution is -0.115. The van der Waals surface area contributed by atoms with Gasteiger partial charge < -0.3 is 0 Å². The molecule has 0 unspecified atom stereocenters. The molecule has 0 aliphatic heterocycles. The van der Waals surface area contributed by atoms with E-state index in [1.807, 2.05) is 0 Å². The fourth-order valence-electron chi connectivity index (χ4n) is 1.25. The third-order valence-corrected chi connectivity index (χ3v) is 1.73. The summed E-state index contributed by atoms with van der Waals surface area (Å²) in [5.74, 6) is -0.289. The molecule has 1 rings (SSSR count). The molecule has 0 radical (unpaired) electrons. The van der Waals surface area contributed by atoms with Crippen molar-refractivity contribution in [2.24, 2.45) is 4.99 Å². The first-order chi connectivity index (χ1) is 6.00. The van der Waals surface area contributed by atoms with Crippen molar-refractivity contribution in [3.63, 3.8) is 0 Å². The molecule has 1 aliphatic carbocycles. The van der Waals surface area contributed by atoms with Gasteiger partial charge in [-0.25, -0.2) is 4.99 Å². The van der Waals surface area contributed by atoms with Gasteiger partial charge in [-0.05, 0) is 37.1 Å². The highest BCUT2D eigenvalue weighted by Crippen LogP contribution is 2.13. The van der Waals surface area contributed by atoms with Crippen molar-refractivity contribution < 1.29 is 9.59 Å². The number of nitrogens with zero attached hydrogens (tertiary/aromatic N) is 1. The maximum absolute atomic E-state index is 11.0. The highest BCUT2D eigenvalue weighted by molar-refractivity contribution is 6.24. The average Bonchev–Trinajstić information content (AvgIpc) is 1.96. The van der Waals surface area contributed by atoms with E-state index in [1.54, 1.807) is 13.8 Å². The fraction of sp³-hybridized carbons (Fsp3) is 0.300. The minimum absolute atomic E-state index is 0.0440. The van der Waals surface area contributed by atoms with Crippen molar-refractivity contribution in [2.75, 3.05) is 0 Å². The van der Waals surface area contributed by atoms with Crippen molar-refractivity contribution in [3.8, 4) is 0 Å². The van der Waals surface area contributed by atoms with E-state index in [-0.39, 0.29) is 11.7 Å².